The SMILES string of the molecule is COc1ccc(C(=O)O)c(N(C)CC2CCOCC2)c1. The molecule has 1 aliphatic rings. The number of carboxylic acids is 1. The van der Waals surface area contributed by atoms with Crippen LogP contribution in [0.25, 0.3) is 0 Å². The molecule has 0 amide bonds. The highest BCUT2D eigenvalue weighted by atomic mass is 16.5. The van der Waals surface area contributed by atoms with Crippen molar-refractivity contribution < 1.29 is 19.4 Å². The zero-order valence-corrected chi connectivity index (χ0v) is 12.0. The van der Waals surface area contributed by atoms with E-state index in [1.165, 1.54) is 0 Å². The first-order valence-electron chi connectivity index (χ1n) is 6.82. The molecule has 1 N–H and O–H groups in total. The molecule has 0 aliphatic carbocycles. The molecule has 0 radical (unpaired) electrons. The summed E-state index contributed by atoms with van der Waals surface area (Å²) in [6.07, 6.45) is 2.05. The van der Waals surface area contributed by atoms with Crippen LogP contribution in [0.1, 0.15) is 23.2 Å². The molecule has 0 spiro atoms. The number of ether oxygens (including phenoxy) is 2. The molecule has 0 atom stereocenters. The van der Waals surface area contributed by atoms with Gasteiger partial charge in [0.1, 0.15) is 5.75 Å². The molecule has 110 valence electrons. The summed E-state index contributed by atoms with van der Waals surface area (Å²) in [4.78, 5) is 13.3. The first-order valence-corrected chi connectivity index (χ1v) is 6.82. The van der Waals surface area contributed by atoms with E-state index in [0.29, 0.717) is 22.9 Å². The van der Waals surface area contributed by atoms with Gasteiger partial charge in [0.15, 0.2) is 0 Å². The molecule has 1 heterocycles. The van der Waals surface area contributed by atoms with E-state index in [4.69, 9.17) is 9.47 Å². The predicted molar refractivity (Wildman–Crippen MR) is 76.8 cm³/mol. The Morgan fingerprint density at radius 1 is 1.45 bits per heavy atom. The van der Waals surface area contributed by atoms with Crippen molar-refractivity contribution in [2.75, 3.05) is 38.8 Å². The Labute approximate surface area is 119 Å². The Balaban J connectivity index is 2.17. The minimum atomic E-state index is -0.915. The van der Waals surface area contributed by atoms with Crippen molar-refractivity contribution in [2.24, 2.45) is 5.92 Å². The minimum absolute atomic E-state index is 0.306. The highest BCUT2D eigenvalue weighted by molar-refractivity contribution is 5.94. The summed E-state index contributed by atoms with van der Waals surface area (Å²) in [7, 11) is 3.51. The summed E-state index contributed by atoms with van der Waals surface area (Å²) in [6.45, 7) is 2.42. The Bertz CT molecular complexity index is 469. The van der Waals surface area contributed by atoms with E-state index in [2.05, 4.69) is 0 Å². The maximum atomic E-state index is 11.3. The van der Waals surface area contributed by atoms with Crippen molar-refractivity contribution in [2.45, 2.75) is 12.8 Å². The molecular weight excluding hydrogens is 258 g/mol. The number of hydrogen-bond acceptors (Lipinski definition) is 4. The fraction of sp³-hybridized carbons (Fsp3) is 0.533. The van der Waals surface area contributed by atoms with E-state index in [9.17, 15) is 9.90 Å². The molecule has 1 aromatic carbocycles. The van der Waals surface area contributed by atoms with Crippen LogP contribution in [-0.4, -0.2) is 45.0 Å². The average Bonchev–Trinajstić information content (AvgIpc) is 2.47. The molecule has 5 heteroatoms. The van der Waals surface area contributed by atoms with Crippen LogP contribution in [0.4, 0.5) is 5.69 Å². The first-order chi connectivity index (χ1) is 9.61. The van der Waals surface area contributed by atoms with E-state index >= 15 is 0 Å². The van der Waals surface area contributed by atoms with Gasteiger partial charge in [0, 0.05) is 32.9 Å². The quantitative estimate of drug-likeness (QED) is 0.896. The second-order valence-electron chi connectivity index (χ2n) is 5.12. The summed E-state index contributed by atoms with van der Waals surface area (Å²) in [5.74, 6) is 0.298. The number of benzene rings is 1. The summed E-state index contributed by atoms with van der Waals surface area (Å²) in [5, 5.41) is 9.30. The third-order valence-electron chi connectivity index (χ3n) is 3.72. The molecule has 2 rings (SSSR count). The lowest BCUT2D eigenvalue weighted by molar-refractivity contribution is 0.0678. The number of aromatic carboxylic acids is 1. The van der Waals surface area contributed by atoms with Gasteiger partial charge in [-0.25, -0.2) is 4.79 Å². The summed E-state index contributed by atoms with van der Waals surface area (Å²) in [6, 6.07) is 5.05. The van der Waals surface area contributed by atoms with Gasteiger partial charge in [0.05, 0.1) is 18.4 Å². The van der Waals surface area contributed by atoms with E-state index < -0.39 is 5.97 Å². The van der Waals surface area contributed by atoms with Gasteiger partial charge in [-0.3, -0.25) is 0 Å². The van der Waals surface area contributed by atoms with Crippen LogP contribution in [0.5, 0.6) is 5.75 Å². The molecule has 0 unspecified atom stereocenters. The van der Waals surface area contributed by atoms with Crippen LogP contribution in [0.15, 0.2) is 18.2 Å². The lowest BCUT2D eigenvalue weighted by atomic mass is 9.99. The van der Waals surface area contributed by atoms with Crippen molar-refractivity contribution in [3.63, 3.8) is 0 Å². The molecule has 0 saturated carbocycles. The van der Waals surface area contributed by atoms with Gasteiger partial charge in [0.2, 0.25) is 0 Å². The van der Waals surface area contributed by atoms with Gasteiger partial charge < -0.3 is 19.5 Å². The number of nitrogens with zero attached hydrogens (tertiary/aromatic N) is 1. The smallest absolute Gasteiger partial charge is 0.337 e. The molecule has 1 fully saturated rings. The predicted octanol–water partition coefficient (Wildman–Crippen LogP) is 2.26. The number of carbonyl (C=O) groups is 1. The molecule has 20 heavy (non-hydrogen) atoms. The molecule has 5 nitrogen and oxygen atoms in total. The Morgan fingerprint density at radius 3 is 2.75 bits per heavy atom. The number of hydrogen-bond donors (Lipinski definition) is 1. The van der Waals surface area contributed by atoms with Crippen LogP contribution < -0.4 is 9.64 Å². The standard InChI is InChI=1S/C15H21NO4/c1-16(10-11-5-7-20-8-6-11)14-9-12(19-2)3-4-13(14)15(17)18/h3-4,9,11H,5-8,10H2,1-2H3,(H,17,18). The normalized spacial score (nSPS) is 15.9. The third kappa shape index (κ3) is 3.42. The van der Waals surface area contributed by atoms with Gasteiger partial charge in [-0.2, -0.15) is 0 Å². The largest absolute Gasteiger partial charge is 0.497 e. The van der Waals surface area contributed by atoms with Gasteiger partial charge >= 0.3 is 5.97 Å². The molecule has 1 aliphatic heterocycles. The van der Waals surface area contributed by atoms with Crippen molar-refractivity contribution in [1.29, 1.82) is 0 Å². The number of anilines is 1. The Kier molecular flexibility index (Phi) is 4.84. The average molecular weight is 279 g/mol. The van der Waals surface area contributed by atoms with Crippen LogP contribution in [0.2, 0.25) is 0 Å². The van der Waals surface area contributed by atoms with Crippen LogP contribution in [0.3, 0.4) is 0 Å². The molecular formula is C15H21NO4. The fourth-order valence-electron chi connectivity index (χ4n) is 2.55. The van der Waals surface area contributed by atoms with Gasteiger partial charge in [-0.1, -0.05) is 0 Å². The van der Waals surface area contributed by atoms with Gasteiger partial charge in [-0.05, 0) is 30.9 Å². The molecule has 0 aromatic heterocycles. The fourth-order valence-corrected chi connectivity index (χ4v) is 2.55. The van der Waals surface area contributed by atoms with Crippen LogP contribution in [0, 0.1) is 5.92 Å². The van der Waals surface area contributed by atoms with E-state index in [-0.39, 0.29) is 0 Å². The van der Waals surface area contributed by atoms with Crippen LogP contribution in [-0.2, 0) is 4.74 Å². The zero-order chi connectivity index (χ0) is 14.5. The van der Waals surface area contributed by atoms with E-state index in [1.54, 1.807) is 25.3 Å². The topological polar surface area (TPSA) is 59.0 Å². The summed E-state index contributed by atoms with van der Waals surface area (Å²) >= 11 is 0. The second kappa shape index (κ2) is 6.61. The summed E-state index contributed by atoms with van der Waals surface area (Å²) < 4.78 is 10.5. The van der Waals surface area contributed by atoms with Crippen molar-refractivity contribution in [3.8, 4) is 5.75 Å². The monoisotopic (exact) mass is 279 g/mol. The number of methoxy groups -OCH3 is 1. The number of carboxylic acid groups (broad SMARTS) is 1. The summed E-state index contributed by atoms with van der Waals surface area (Å²) in [5.41, 5.74) is 1.00. The van der Waals surface area contributed by atoms with Crippen molar-refractivity contribution in [1.82, 2.24) is 0 Å². The third-order valence-corrected chi connectivity index (χ3v) is 3.72. The van der Waals surface area contributed by atoms with Crippen molar-refractivity contribution >= 4 is 11.7 Å². The van der Waals surface area contributed by atoms with Crippen molar-refractivity contribution in [3.05, 3.63) is 23.8 Å². The van der Waals surface area contributed by atoms with E-state index in [1.807, 2.05) is 11.9 Å². The number of rotatable bonds is 5. The zero-order valence-electron chi connectivity index (χ0n) is 12.0. The Hall–Kier alpha value is -1.75. The van der Waals surface area contributed by atoms with Gasteiger partial charge in [-0.15, -0.1) is 0 Å². The lowest BCUT2D eigenvalue weighted by Crippen LogP contribution is -2.30. The second-order valence-corrected chi connectivity index (χ2v) is 5.12. The Morgan fingerprint density at radius 2 is 2.15 bits per heavy atom. The van der Waals surface area contributed by atoms with Gasteiger partial charge in [0.25, 0.3) is 0 Å². The molecule has 0 bridgehead atoms. The maximum Gasteiger partial charge on any atom is 0.337 e. The highest BCUT2D eigenvalue weighted by Gasteiger charge is 2.19. The van der Waals surface area contributed by atoms with E-state index in [0.717, 1.165) is 32.6 Å². The lowest BCUT2D eigenvalue weighted by Gasteiger charge is -2.29. The van der Waals surface area contributed by atoms with Crippen LogP contribution >= 0.6 is 0 Å². The maximum absolute atomic E-state index is 11.3. The highest BCUT2D eigenvalue weighted by Crippen LogP contribution is 2.27. The molecule has 1 saturated heterocycles. The minimum Gasteiger partial charge on any atom is -0.497 e. The first kappa shape index (κ1) is 14.7. The molecule has 1 aromatic rings.